The van der Waals surface area contributed by atoms with Crippen molar-refractivity contribution in [3.05, 3.63) is 133 Å². The monoisotopic (exact) mass is 491 g/mol. The molecule has 0 saturated carbocycles. The van der Waals surface area contributed by atoms with E-state index < -0.39 is 23.1 Å². The second-order valence-corrected chi connectivity index (χ2v) is 9.01. The van der Waals surface area contributed by atoms with Gasteiger partial charge in [0.25, 0.3) is 5.56 Å². The van der Waals surface area contributed by atoms with E-state index in [2.05, 4.69) is 10.3 Å². The molecule has 1 atom stereocenters. The Morgan fingerprint density at radius 2 is 1.57 bits per heavy atom. The summed E-state index contributed by atoms with van der Waals surface area (Å²) >= 11 is 0. The minimum absolute atomic E-state index is 0.136. The van der Waals surface area contributed by atoms with Gasteiger partial charge in [-0.25, -0.2) is 4.79 Å². The molecule has 0 unspecified atom stereocenters. The summed E-state index contributed by atoms with van der Waals surface area (Å²) < 4.78 is 6.84. The number of hydrogen-bond donors (Lipinski definition) is 2. The number of H-pyrrole nitrogens is 1. The maximum absolute atomic E-state index is 13.5. The number of carbonyl (C=O) groups is 2. The number of aromatic amines is 1. The normalized spacial score (nSPS) is 15.5. The predicted molar refractivity (Wildman–Crippen MR) is 138 cm³/mol. The first-order valence-electron chi connectivity index (χ1n) is 11.8. The van der Waals surface area contributed by atoms with Crippen LogP contribution in [0.15, 0.2) is 94.0 Å². The van der Waals surface area contributed by atoms with E-state index in [1.165, 1.54) is 4.57 Å². The number of carbonyl (C=O) groups excluding carboxylic acids is 2. The third kappa shape index (κ3) is 3.70. The van der Waals surface area contributed by atoms with Gasteiger partial charge in [0.15, 0.2) is 5.78 Å². The molecule has 8 nitrogen and oxygen atoms in total. The fraction of sp³-hybridized carbons (Fsp3) is 0.103. The van der Waals surface area contributed by atoms with Crippen molar-refractivity contribution in [2.75, 3.05) is 5.32 Å². The zero-order valence-electron chi connectivity index (χ0n) is 19.8. The molecule has 1 aliphatic carbocycles. The largest absolute Gasteiger partial charge is 0.426 e. The van der Waals surface area contributed by atoms with E-state index in [9.17, 15) is 19.2 Å². The Hall–Kier alpha value is -4.98. The van der Waals surface area contributed by atoms with Gasteiger partial charge in [-0.05, 0) is 23.3 Å². The van der Waals surface area contributed by atoms with Crippen molar-refractivity contribution in [2.45, 2.75) is 12.3 Å². The summed E-state index contributed by atoms with van der Waals surface area (Å²) in [6.45, 7) is 0. The maximum atomic E-state index is 13.5. The van der Waals surface area contributed by atoms with Crippen LogP contribution in [0.25, 0.3) is 5.70 Å². The van der Waals surface area contributed by atoms with Gasteiger partial charge in [-0.15, -0.1) is 0 Å². The standard InChI is InChI=1S/C29H21N3O5/c1-32-27-24(28(35)31-29(32)36)22(23-25(30-27)19-9-5-6-10-20(19)26(23)34)17-11-13-18(14-12-17)37-21(33)15-16-7-3-2-4-8-16/h2-14,22,30H,15H2,1H3,(H,31,35,36)/t22-/m0/s1. The molecule has 0 saturated heterocycles. The fourth-order valence-electron chi connectivity index (χ4n) is 5.02. The van der Waals surface area contributed by atoms with Gasteiger partial charge in [-0.3, -0.25) is 23.9 Å². The Bertz CT molecular complexity index is 1730. The van der Waals surface area contributed by atoms with E-state index in [-0.39, 0.29) is 17.8 Å². The highest BCUT2D eigenvalue weighted by atomic mass is 16.5. The predicted octanol–water partition coefficient (Wildman–Crippen LogP) is 3.39. The maximum Gasteiger partial charge on any atom is 0.329 e. The molecule has 3 aromatic carbocycles. The highest BCUT2D eigenvalue weighted by Crippen LogP contribution is 2.47. The second kappa shape index (κ2) is 8.60. The van der Waals surface area contributed by atoms with Crippen molar-refractivity contribution >= 4 is 23.3 Å². The van der Waals surface area contributed by atoms with Crippen LogP contribution < -0.4 is 21.3 Å². The average molecular weight is 492 g/mol. The van der Waals surface area contributed by atoms with Gasteiger partial charge in [0.2, 0.25) is 0 Å². The summed E-state index contributed by atoms with van der Waals surface area (Å²) in [5.74, 6) is -0.621. The van der Waals surface area contributed by atoms with Crippen LogP contribution in [0.1, 0.15) is 38.5 Å². The molecule has 0 fully saturated rings. The Morgan fingerprint density at radius 3 is 2.30 bits per heavy atom. The minimum atomic E-state index is -0.726. The number of esters is 1. The van der Waals surface area contributed by atoms with Crippen LogP contribution in [0.4, 0.5) is 5.82 Å². The zero-order chi connectivity index (χ0) is 25.7. The lowest BCUT2D eigenvalue weighted by Crippen LogP contribution is -2.37. The summed E-state index contributed by atoms with van der Waals surface area (Å²) in [6, 6.07) is 23.3. The molecule has 0 radical (unpaired) electrons. The number of rotatable bonds is 4. The molecule has 0 amide bonds. The summed E-state index contributed by atoms with van der Waals surface area (Å²) in [7, 11) is 1.56. The summed E-state index contributed by atoms with van der Waals surface area (Å²) in [5, 5.41) is 3.19. The van der Waals surface area contributed by atoms with E-state index in [1.807, 2.05) is 42.5 Å². The minimum Gasteiger partial charge on any atom is -0.426 e. The van der Waals surface area contributed by atoms with Crippen LogP contribution in [0.3, 0.4) is 0 Å². The lowest BCUT2D eigenvalue weighted by molar-refractivity contribution is -0.133. The van der Waals surface area contributed by atoms with E-state index in [1.54, 1.807) is 43.4 Å². The molecule has 2 aliphatic rings. The van der Waals surface area contributed by atoms with E-state index in [0.29, 0.717) is 34.0 Å². The number of allylic oxidation sites excluding steroid dienone is 1. The molecule has 0 bridgehead atoms. The van der Waals surface area contributed by atoms with Gasteiger partial charge in [0, 0.05) is 29.7 Å². The number of nitrogens with one attached hydrogen (secondary N) is 2. The van der Waals surface area contributed by atoms with Crippen molar-refractivity contribution < 1.29 is 14.3 Å². The number of benzene rings is 3. The third-order valence-electron chi connectivity index (χ3n) is 6.77. The molecule has 2 N–H and O–H groups in total. The number of fused-ring (bicyclic) bond motifs is 3. The number of Topliss-reactive ketones (excluding diaryl/α,β-unsaturated/α-hetero) is 1. The van der Waals surface area contributed by atoms with Crippen molar-refractivity contribution in [3.8, 4) is 5.75 Å². The van der Waals surface area contributed by atoms with Crippen LogP contribution in [-0.2, 0) is 18.3 Å². The van der Waals surface area contributed by atoms with Gasteiger partial charge in [0.05, 0.1) is 17.7 Å². The molecule has 0 spiro atoms. The number of anilines is 1. The highest BCUT2D eigenvalue weighted by Gasteiger charge is 2.42. The van der Waals surface area contributed by atoms with Gasteiger partial charge >= 0.3 is 11.7 Å². The van der Waals surface area contributed by atoms with E-state index >= 15 is 0 Å². The van der Waals surface area contributed by atoms with E-state index in [4.69, 9.17) is 4.74 Å². The molecule has 37 heavy (non-hydrogen) atoms. The Kier molecular flexibility index (Phi) is 5.22. The van der Waals surface area contributed by atoms with Gasteiger partial charge in [0.1, 0.15) is 11.6 Å². The average Bonchev–Trinajstić information content (AvgIpc) is 3.19. The summed E-state index contributed by atoms with van der Waals surface area (Å²) in [4.78, 5) is 53.7. The molecule has 182 valence electrons. The third-order valence-corrected chi connectivity index (χ3v) is 6.77. The second-order valence-electron chi connectivity index (χ2n) is 9.01. The van der Waals surface area contributed by atoms with Crippen LogP contribution in [0.5, 0.6) is 5.75 Å². The van der Waals surface area contributed by atoms with Crippen LogP contribution in [-0.4, -0.2) is 21.3 Å². The summed E-state index contributed by atoms with van der Waals surface area (Å²) in [6.07, 6.45) is 0.136. The molecule has 8 heteroatoms. The lowest BCUT2D eigenvalue weighted by atomic mass is 9.81. The Labute approximate surface area is 210 Å². The first-order chi connectivity index (χ1) is 17.9. The van der Waals surface area contributed by atoms with Crippen molar-refractivity contribution in [2.24, 2.45) is 7.05 Å². The number of ether oxygens (including phenoxy) is 1. The van der Waals surface area contributed by atoms with E-state index in [0.717, 1.165) is 11.1 Å². The van der Waals surface area contributed by atoms with Crippen molar-refractivity contribution in [1.82, 2.24) is 9.55 Å². The van der Waals surface area contributed by atoms with Gasteiger partial charge in [-0.2, -0.15) is 0 Å². The van der Waals surface area contributed by atoms with Crippen LogP contribution in [0, 0.1) is 0 Å². The number of ketones is 1. The van der Waals surface area contributed by atoms with Crippen molar-refractivity contribution in [3.63, 3.8) is 0 Å². The molecular weight excluding hydrogens is 470 g/mol. The van der Waals surface area contributed by atoms with Gasteiger partial charge in [-0.1, -0.05) is 66.7 Å². The molecule has 2 heterocycles. The number of hydrogen-bond acceptors (Lipinski definition) is 6. The number of aromatic nitrogens is 2. The van der Waals surface area contributed by atoms with Crippen LogP contribution >= 0.6 is 0 Å². The molecule has 4 aromatic rings. The lowest BCUT2D eigenvalue weighted by Gasteiger charge is -2.29. The SMILES string of the molecule is Cn1c2c(c(=O)[nH]c1=O)[C@@H](c1ccc(OC(=O)Cc3ccccc3)cc1)C1=C(N2)c2ccccc2C1=O. The number of nitrogens with zero attached hydrogens (tertiary/aromatic N) is 1. The summed E-state index contributed by atoms with van der Waals surface area (Å²) in [5.41, 5.74) is 2.92. The zero-order valence-corrected chi connectivity index (χ0v) is 19.8. The van der Waals surface area contributed by atoms with Gasteiger partial charge < -0.3 is 10.1 Å². The molecule has 6 rings (SSSR count). The Balaban J connectivity index is 1.40. The quantitative estimate of drug-likeness (QED) is 0.335. The first kappa shape index (κ1) is 22.5. The molecule has 1 aliphatic heterocycles. The van der Waals surface area contributed by atoms with Crippen LogP contribution in [0.2, 0.25) is 0 Å². The molecular formula is C29H21N3O5. The topological polar surface area (TPSA) is 110 Å². The highest BCUT2D eigenvalue weighted by molar-refractivity contribution is 6.23. The van der Waals surface area contributed by atoms with Crippen molar-refractivity contribution in [1.29, 1.82) is 0 Å². The Morgan fingerprint density at radius 1 is 0.892 bits per heavy atom. The molecule has 1 aromatic heterocycles. The fourth-order valence-corrected chi connectivity index (χ4v) is 5.02. The smallest absolute Gasteiger partial charge is 0.329 e. The first-order valence-corrected chi connectivity index (χ1v) is 11.8.